The van der Waals surface area contributed by atoms with E-state index in [1.165, 1.54) is 0 Å². The number of fused-ring (bicyclic) bond motifs is 1. The third-order valence-corrected chi connectivity index (χ3v) is 4.72. The number of rotatable bonds is 5. The van der Waals surface area contributed by atoms with E-state index in [9.17, 15) is 4.79 Å². The van der Waals surface area contributed by atoms with Gasteiger partial charge in [-0.05, 0) is 35.9 Å². The summed E-state index contributed by atoms with van der Waals surface area (Å²) in [4.78, 5) is 19.3. The first-order valence-corrected chi connectivity index (χ1v) is 9.22. The number of anilines is 1. The first kappa shape index (κ1) is 17.7. The summed E-state index contributed by atoms with van der Waals surface area (Å²) in [5.74, 6) is 0.767. The van der Waals surface area contributed by atoms with E-state index < -0.39 is 0 Å². The van der Waals surface area contributed by atoms with Crippen molar-refractivity contribution < 1.29 is 4.79 Å². The van der Waals surface area contributed by atoms with Gasteiger partial charge in [-0.1, -0.05) is 66.7 Å². The molecule has 0 aliphatic rings. The number of para-hydroxylation sites is 3. The minimum Gasteiger partial charge on any atom is -0.315 e. The maximum atomic E-state index is 12.9. The van der Waals surface area contributed by atoms with E-state index in [2.05, 4.69) is 0 Å². The summed E-state index contributed by atoms with van der Waals surface area (Å²) in [6, 6.07) is 27.6. The summed E-state index contributed by atoms with van der Waals surface area (Å²) in [6.45, 7) is 0.223. The molecule has 0 atom stereocenters. The zero-order valence-electron chi connectivity index (χ0n) is 15.7. The molecule has 4 heteroatoms. The Labute approximate surface area is 164 Å². The van der Waals surface area contributed by atoms with Crippen LogP contribution in [-0.2, 0) is 11.3 Å². The van der Waals surface area contributed by atoms with Gasteiger partial charge >= 0.3 is 0 Å². The van der Waals surface area contributed by atoms with Crippen LogP contribution >= 0.6 is 0 Å². The van der Waals surface area contributed by atoms with Gasteiger partial charge in [-0.3, -0.25) is 4.79 Å². The number of carbonyl (C=O) groups excluding carboxylic acids is 1. The molecule has 0 N–H and O–H groups in total. The third-order valence-electron chi connectivity index (χ3n) is 4.72. The predicted molar refractivity (Wildman–Crippen MR) is 115 cm³/mol. The number of likely N-dealkylation sites (N-methyl/N-ethyl adjacent to an activating group) is 1. The maximum absolute atomic E-state index is 12.9. The fraction of sp³-hybridized carbons (Fsp3) is 0.0833. The van der Waals surface area contributed by atoms with Crippen molar-refractivity contribution in [2.24, 2.45) is 0 Å². The number of nitrogens with zero attached hydrogens (tertiary/aromatic N) is 3. The van der Waals surface area contributed by atoms with Crippen LogP contribution in [0.25, 0.3) is 23.2 Å². The molecule has 0 saturated carbocycles. The Balaban J connectivity index is 1.67. The molecule has 0 aliphatic heterocycles. The number of aromatic nitrogens is 2. The molecule has 0 aliphatic carbocycles. The highest BCUT2D eigenvalue weighted by atomic mass is 16.2. The van der Waals surface area contributed by atoms with Crippen molar-refractivity contribution in [1.29, 1.82) is 0 Å². The Kier molecular flexibility index (Phi) is 5.02. The highest BCUT2D eigenvalue weighted by molar-refractivity contribution is 5.94. The topological polar surface area (TPSA) is 38.1 Å². The fourth-order valence-corrected chi connectivity index (χ4v) is 3.16. The number of benzene rings is 3. The molecule has 0 spiro atoms. The standard InChI is InChI=1S/C24H21N3O/c1-26(20-12-6-3-7-13-20)24(28)18-27-22-15-9-8-14-21(22)25-23(27)17-16-19-10-4-2-5-11-19/h2-17H,18H2,1H3/b17-16+. The monoisotopic (exact) mass is 367 g/mol. The summed E-state index contributed by atoms with van der Waals surface area (Å²) in [5, 5.41) is 0. The van der Waals surface area contributed by atoms with Gasteiger partial charge in [0.15, 0.2) is 0 Å². The summed E-state index contributed by atoms with van der Waals surface area (Å²) in [6.07, 6.45) is 3.98. The van der Waals surface area contributed by atoms with Crippen molar-refractivity contribution in [1.82, 2.24) is 9.55 Å². The number of carbonyl (C=O) groups is 1. The molecule has 4 rings (SSSR count). The Hall–Kier alpha value is -3.66. The largest absolute Gasteiger partial charge is 0.315 e. The van der Waals surface area contributed by atoms with Gasteiger partial charge in [-0.25, -0.2) is 4.98 Å². The van der Waals surface area contributed by atoms with E-state index in [1.54, 1.807) is 11.9 Å². The lowest BCUT2D eigenvalue weighted by atomic mass is 10.2. The lowest BCUT2D eigenvalue weighted by Gasteiger charge is -2.18. The fourth-order valence-electron chi connectivity index (χ4n) is 3.16. The van der Waals surface area contributed by atoms with Crippen LogP contribution in [-0.4, -0.2) is 22.5 Å². The van der Waals surface area contributed by atoms with Gasteiger partial charge in [0.1, 0.15) is 12.4 Å². The van der Waals surface area contributed by atoms with Crippen LogP contribution in [0.2, 0.25) is 0 Å². The average Bonchev–Trinajstić information content (AvgIpc) is 3.10. The van der Waals surface area contributed by atoms with Crippen LogP contribution in [0, 0.1) is 0 Å². The van der Waals surface area contributed by atoms with Crippen LogP contribution in [0.5, 0.6) is 0 Å². The van der Waals surface area contributed by atoms with E-state index in [1.807, 2.05) is 102 Å². The van der Waals surface area contributed by atoms with Crippen LogP contribution in [0.1, 0.15) is 11.4 Å². The van der Waals surface area contributed by atoms with Gasteiger partial charge < -0.3 is 9.47 Å². The van der Waals surface area contributed by atoms with E-state index in [0.29, 0.717) is 0 Å². The second-order valence-electron chi connectivity index (χ2n) is 6.58. The molecule has 0 unspecified atom stereocenters. The van der Waals surface area contributed by atoms with Gasteiger partial charge in [-0.15, -0.1) is 0 Å². The molecule has 1 amide bonds. The van der Waals surface area contributed by atoms with Crippen LogP contribution in [0.3, 0.4) is 0 Å². The number of amides is 1. The van der Waals surface area contributed by atoms with E-state index in [-0.39, 0.29) is 12.5 Å². The van der Waals surface area contributed by atoms with Crippen molar-refractivity contribution in [3.63, 3.8) is 0 Å². The van der Waals surface area contributed by atoms with Crippen LogP contribution in [0.4, 0.5) is 5.69 Å². The van der Waals surface area contributed by atoms with Crippen LogP contribution < -0.4 is 4.90 Å². The molecule has 0 radical (unpaired) electrons. The first-order chi connectivity index (χ1) is 13.7. The Morgan fingerprint density at radius 2 is 1.54 bits per heavy atom. The first-order valence-electron chi connectivity index (χ1n) is 9.22. The molecule has 28 heavy (non-hydrogen) atoms. The van der Waals surface area contributed by atoms with Gasteiger partial charge in [-0.2, -0.15) is 0 Å². The molecule has 0 bridgehead atoms. The van der Waals surface area contributed by atoms with Gasteiger partial charge in [0.25, 0.3) is 0 Å². The zero-order valence-corrected chi connectivity index (χ0v) is 15.7. The van der Waals surface area contributed by atoms with E-state index in [0.717, 1.165) is 28.1 Å². The van der Waals surface area contributed by atoms with Crippen molar-refractivity contribution in [2.45, 2.75) is 6.54 Å². The summed E-state index contributed by atoms with van der Waals surface area (Å²) < 4.78 is 1.97. The number of imidazole rings is 1. The number of hydrogen-bond acceptors (Lipinski definition) is 2. The molecule has 4 nitrogen and oxygen atoms in total. The van der Waals surface area contributed by atoms with Gasteiger partial charge in [0, 0.05) is 12.7 Å². The second kappa shape index (κ2) is 7.92. The van der Waals surface area contributed by atoms with E-state index >= 15 is 0 Å². The highest BCUT2D eigenvalue weighted by Crippen LogP contribution is 2.19. The van der Waals surface area contributed by atoms with Crippen molar-refractivity contribution in [3.8, 4) is 0 Å². The molecule has 0 fully saturated rings. The van der Waals surface area contributed by atoms with Gasteiger partial charge in [0.05, 0.1) is 11.0 Å². The molecule has 1 aromatic heterocycles. The summed E-state index contributed by atoms with van der Waals surface area (Å²) >= 11 is 0. The van der Waals surface area contributed by atoms with Crippen molar-refractivity contribution in [2.75, 3.05) is 11.9 Å². The molecule has 3 aromatic carbocycles. The summed E-state index contributed by atoms with van der Waals surface area (Å²) in [7, 11) is 1.80. The van der Waals surface area contributed by atoms with Crippen molar-refractivity contribution in [3.05, 3.63) is 96.3 Å². The second-order valence-corrected chi connectivity index (χ2v) is 6.58. The lowest BCUT2D eigenvalue weighted by molar-refractivity contribution is -0.118. The zero-order chi connectivity index (χ0) is 19.3. The minimum absolute atomic E-state index is 0.00344. The smallest absolute Gasteiger partial charge is 0.246 e. The normalized spacial score (nSPS) is 11.2. The molecule has 4 aromatic rings. The highest BCUT2D eigenvalue weighted by Gasteiger charge is 2.15. The maximum Gasteiger partial charge on any atom is 0.246 e. The Morgan fingerprint density at radius 3 is 2.29 bits per heavy atom. The predicted octanol–water partition coefficient (Wildman–Crippen LogP) is 4.87. The van der Waals surface area contributed by atoms with Crippen molar-refractivity contribution >= 4 is 34.8 Å². The minimum atomic E-state index is 0.00344. The molecule has 0 saturated heterocycles. The summed E-state index contributed by atoms with van der Waals surface area (Å²) in [5.41, 5.74) is 3.79. The number of hydrogen-bond donors (Lipinski definition) is 0. The van der Waals surface area contributed by atoms with Crippen LogP contribution in [0.15, 0.2) is 84.9 Å². The molecular formula is C24H21N3O. The lowest BCUT2D eigenvalue weighted by Crippen LogP contribution is -2.30. The van der Waals surface area contributed by atoms with E-state index in [4.69, 9.17) is 4.98 Å². The third kappa shape index (κ3) is 3.71. The molecule has 1 heterocycles. The Bertz CT molecular complexity index is 1110. The average molecular weight is 367 g/mol. The Morgan fingerprint density at radius 1 is 0.893 bits per heavy atom. The molecule has 138 valence electrons. The SMILES string of the molecule is CN(C(=O)Cn1c(/C=C/c2ccccc2)nc2ccccc21)c1ccccc1. The molecular weight excluding hydrogens is 346 g/mol. The quantitative estimate of drug-likeness (QED) is 0.505. The van der Waals surface area contributed by atoms with Gasteiger partial charge in [0.2, 0.25) is 5.91 Å².